The third-order valence-corrected chi connectivity index (χ3v) is 2.13. The van der Waals surface area contributed by atoms with Gasteiger partial charge in [0, 0.05) is 6.54 Å². The minimum absolute atomic E-state index is 0.813. The fourth-order valence-corrected chi connectivity index (χ4v) is 1.32. The van der Waals surface area contributed by atoms with E-state index in [1.165, 1.54) is 5.56 Å². The van der Waals surface area contributed by atoms with E-state index in [2.05, 4.69) is 34.2 Å². The Hall–Kier alpha value is -1.71. The first-order chi connectivity index (χ1) is 6.86. The molecule has 0 bridgehead atoms. The minimum Gasteiger partial charge on any atom is -0.353 e. The van der Waals surface area contributed by atoms with Crippen LogP contribution in [0.3, 0.4) is 0 Å². The predicted molar refractivity (Wildman–Crippen MR) is 58.2 cm³/mol. The molecule has 1 aromatic rings. The molecule has 2 rings (SSSR count). The highest BCUT2D eigenvalue weighted by Gasteiger charge is 2.03. The zero-order chi connectivity index (χ0) is 9.80. The average Bonchev–Trinajstić information content (AvgIpc) is 2.69. The fraction of sp³-hybridized carbons (Fsp3) is 0.300. The summed E-state index contributed by atoms with van der Waals surface area (Å²) < 4.78 is 0. The van der Waals surface area contributed by atoms with Crippen LogP contribution in [0.1, 0.15) is 5.56 Å². The number of hydrazine groups is 1. The van der Waals surface area contributed by atoms with Crippen molar-refractivity contribution in [1.29, 1.82) is 0 Å². The molecule has 1 heterocycles. The van der Waals surface area contributed by atoms with Crippen molar-refractivity contribution in [3.63, 3.8) is 0 Å². The SMILES string of the molecule is Cc1ccccc1NNC1=NCCN1. The van der Waals surface area contributed by atoms with Crippen LogP contribution in [0.4, 0.5) is 5.69 Å². The van der Waals surface area contributed by atoms with Crippen molar-refractivity contribution < 1.29 is 0 Å². The smallest absolute Gasteiger partial charge is 0.210 e. The van der Waals surface area contributed by atoms with Gasteiger partial charge in [0.25, 0.3) is 0 Å². The maximum atomic E-state index is 4.21. The molecule has 3 N–H and O–H groups in total. The molecule has 0 radical (unpaired) electrons. The molecule has 0 saturated carbocycles. The summed E-state index contributed by atoms with van der Waals surface area (Å²) in [6.45, 7) is 3.82. The van der Waals surface area contributed by atoms with Crippen LogP contribution in [-0.4, -0.2) is 19.0 Å². The second-order valence-electron chi connectivity index (χ2n) is 3.22. The number of hydrogen-bond donors (Lipinski definition) is 3. The van der Waals surface area contributed by atoms with Crippen molar-refractivity contribution in [2.45, 2.75) is 6.92 Å². The molecule has 0 spiro atoms. The predicted octanol–water partition coefficient (Wildman–Crippen LogP) is 0.871. The lowest BCUT2D eigenvalue weighted by Crippen LogP contribution is -2.37. The van der Waals surface area contributed by atoms with Gasteiger partial charge in [0.2, 0.25) is 5.96 Å². The molecule has 0 amide bonds. The Morgan fingerprint density at radius 1 is 1.29 bits per heavy atom. The van der Waals surface area contributed by atoms with E-state index in [9.17, 15) is 0 Å². The molecule has 1 aliphatic heterocycles. The van der Waals surface area contributed by atoms with Gasteiger partial charge in [-0.05, 0) is 18.6 Å². The number of aliphatic imine (C=N–C) groups is 1. The molecule has 0 aliphatic carbocycles. The van der Waals surface area contributed by atoms with E-state index in [-0.39, 0.29) is 0 Å². The van der Waals surface area contributed by atoms with Crippen molar-refractivity contribution in [2.75, 3.05) is 18.5 Å². The minimum atomic E-state index is 0.813. The number of nitrogens with zero attached hydrogens (tertiary/aromatic N) is 1. The number of benzene rings is 1. The van der Waals surface area contributed by atoms with Crippen LogP contribution in [0.15, 0.2) is 29.3 Å². The molecular formula is C10H14N4. The van der Waals surface area contributed by atoms with Crippen LogP contribution < -0.4 is 16.2 Å². The van der Waals surface area contributed by atoms with Gasteiger partial charge in [0.1, 0.15) is 0 Å². The van der Waals surface area contributed by atoms with Gasteiger partial charge in [0.05, 0.1) is 12.2 Å². The first kappa shape index (κ1) is 8.87. The number of guanidine groups is 1. The molecule has 1 aliphatic rings. The Bertz CT molecular complexity index is 346. The summed E-state index contributed by atoms with van der Waals surface area (Å²) in [6.07, 6.45) is 0. The van der Waals surface area contributed by atoms with Crippen molar-refractivity contribution in [2.24, 2.45) is 4.99 Å². The zero-order valence-corrected chi connectivity index (χ0v) is 8.17. The summed E-state index contributed by atoms with van der Waals surface area (Å²) in [6, 6.07) is 8.11. The van der Waals surface area contributed by atoms with E-state index >= 15 is 0 Å². The Balaban J connectivity index is 1.94. The number of hydrogen-bond acceptors (Lipinski definition) is 4. The van der Waals surface area contributed by atoms with Crippen molar-refractivity contribution >= 4 is 11.6 Å². The molecule has 4 nitrogen and oxygen atoms in total. The number of aryl methyl sites for hydroxylation is 1. The van der Waals surface area contributed by atoms with Crippen molar-refractivity contribution in [1.82, 2.24) is 10.7 Å². The first-order valence-electron chi connectivity index (χ1n) is 4.72. The van der Waals surface area contributed by atoms with Crippen molar-refractivity contribution in [3.8, 4) is 0 Å². The summed E-state index contributed by atoms with van der Waals surface area (Å²) in [4.78, 5) is 4.21. The lowest BCUT2D eigenvalue weighted by atomic mass is 10.2. The van der Waals surface area contributed by atoms with E-state index < -0.39 is 0 Å². The van der Waals surface area contributed by atoms with Crippen LogP contribution in [0.2, 0.25) is 0 Å². The van der Waals surface area contributed by atoms with E-state index in [1.54, 1.807) is 0 Å². The molecule has 0 atom stereocenters. The van der Waals surface area contributed by atoms with Gasteiger partial charge in [-0.25, -0.2) is 0 Å². The summed E-state index contributed by atoms with van der Waals surface area (Å²) in [5.74, 6) is 0.813. The monoisotopic (exact) mass is 190 g/mol. The Labute approximate surface area is 83.4 Å². The largest absolute Gasteiger partial charge is 0.353 e. The lowest BCUT2D eigenvalue weighted by molar-refractivity contribution is 0.937. The third kappa shape index (κ3) is 1.96. The lowest BCUT2D eigenvalue weighted by Gasteiger charge is -2.11. The summed E-state index contributed by atoms with van der Waals surface area (Å²) in [7, 11) is 0. The van der Waals surface area contributed by atoms with Crippen molar-refractivity contribution in [3.05, 3.63) is 29.8 Å². The molecule has 14 heavy (non-hydrogen) atoms. The second kappa shape index (κ2) is 4.00. The zero-order valence-electron chi connectivity index (χ0n) is 8.17. The number of rotatable bonds is 2. The van der Waals surface area contributed by atoms with E-state index in [0.717, 1.165) is 24.7 Å². The quantitative estimate of drug-likeness (QED) is 0.606. The average molecular weight is 190 g/mol. The standard InChI is InChI=1S/C10H14N4/c1-8-4-2-3-5-9(8)13-14-10-11-6-7-12-10/h2-5,13H,6-7H2,1H3,(H2,11,12,14). The Morgan fingerprint density at radius 2 is 2.14 bits per heavy atom. The van der Waals surface area contributed by atoms with Gasteiger partial charge in [-0.15, -0.1) is 0 Å². The van der Waals surface area contributed by atoms with Gasteiger partial charge in [-0.2, -0.15) is 0 Å². The molecule has 0 saturated heterocycles. The molecule has 74 valence electrons. The number of anilines is 1. The molecule has 4 heteroatoms. The number of para-hydroxylation sites is 1. The molecule has 0 fully saturated rings. The van der Waals surface area contributed by atoms with Gasteiger partial charge in [0.15, 0.2) is 0 Å². The van der Waals surface area contributed by atoms with Gasteiger partial charge < -0.3 is 5.32 Å². The summed E-state index contributed by atoms with van der Waals surface area (Å²) >= 11 is 0. The van der Waals surface area contributed by atoms with Crippen LogP contribution in [0.5, 0.6) is 0 Å². The third-order valence-electron chi connectivity index (χ3n) is 2.13. The van der Waals surface area contributed by atoms with Gasteiger partial charge in [-0.1, -0.05) is 18.2 Å². The van der Waals surface area contributed by atoms with Crippen LogP contribution in [-0.2, 0) is 0 Å². The van der Waals surface area contributed by atoms with Crippen LogP contribution in [0, 0.1) is 6.92 Å². The second-order valence-corrected chi connectivity index (χ2v) is 3.22. The summed E-state index contributed by atoms with van der Waals surface area (Å²) in [5.41, 5.74) is 8.42. The normalized spacial score (nSPS) is 14.5. The van der Waals surface area contributed by atoms with Gasteiger partial charge >= 0.3 is 0 Å². The summed E-state index contributed by atoms with van der Waals surface area (Å²) in [5, 5.41) is 3.12. The highest BCUT2D eigenvalue weighted by Crippen LogP contribution is 2.11. The first-order valence-corrected chi connectivity index (χ1v) is 4.72. The highest BCUT2D eigenvalue weighted by molar-refractivity contribution is 5.82. The Morgan fingerprint density at radius 3 is 2.86 bits per heavy atom. The molecular weight excluding hydrogens is 176 g/mol. The molecule has 1 aromatic carbocycles. The molecule has 0 aromatic heterocycles. The number of nitrogens with one attached hydrogen (secondary N) is 3. The maximum Gasteiger partial charge on any atom is 0.210 e. The fourth-order valence-electron chi connectivity index (χ4n) is 1.32. The van der Waals surface area contributed by atoms with Crippen LogP contribution >= 0.6 is 0 Å². The maximum absolute atomic E-state index is 4.21. The van der Waals surface area contributed by atoms with E-state index in [4.69, 9.17) is 0 Å². The van der Waals surface area contributed by atoms with Crippen LogP contribution in [0.25, 0.3) is 0 Å². The topological polar surface area (TPSA) is 48.5 Å². The highest BCUT2D eigenvalue weighted by atomic mass is 15.4. The van der Waals surface area contributed by atoms with E-state index in [0.29, 0.717) is 0 Å². The Kier molecular flexibility index (Phi) is 2.53. The van der Waals surface area contributed by atoms with Gasteiger partial charge in [-0.3, -0.25) is 15.8 Å². The van der Waals surface area contributed by atoms with E-state index in [1.807, 2.05) is 18.2 Å². The molecule has 0 unspecified atom stereocenters.